The second kappa shape index (κ2) is 8.50. The van der Waals surface area contributed by atoms with Gasteiger partial charge in [0.2, 0.25) is 0 Å². The fourth-order valence-electron chi connectivity index (χ4n) is 2.17. The molecule has 0 radical (unpaired) electrons. The number of carbonyl (C=O) groups excluding carboxylic acids is 1. The number of ether oxygens (including phenoxy) is 2. The first-order chi connectivity index (χ1) is 12.7. The normalized spacial score (nSPS) is 10.7. The third-order valence-electron chi connectivity index (χ3n) is 3.44. The van der Waals surface area contributed by atoms with E-state index < -0.39 is 0 Å². The molecule has 0 unspecified atom stereocenters. The van der Waals surface area contributed by atoms with Gasteiger partial charge < -0.3 is 14.8 Å². The average molecular weight is 376 g/mol. The molecule has 0 saturated heterocycles. The Morgan fingerprint density at radius 2 is 2.00 bits per heavy atom. The lowest BCUT2D eigenvalue weighted by Crippen LogP contribution is -2.19. The molecule has 8 nitrogen and oxygen atoms in total. The van der Waals surface area contributed by atoms with Gasteiger partial charge >= 0.3 is 0 Å². The van der Waals surface area contributed by atoms with Gasteiger partial charge in [-0.1, -0.05) is 11.6 Å². The SMILES string of the molecule is CCOCn1cc(NC(=O)c2ccnn2COc2ccc(Cl)cc2)cn1. The second-order valence-corrected chi connectivity index (χ2v) is 5.72. The Bertz CT molecular complexity index is 859. The Kier molecular flexibility index (Phi) is 5.88. The van der Waals surface area contributed by atoms with Crippen LogP contribution >= 0.6 is 11.6 Å². The molecule has 9 heteroatoms. The summed E-state index contributed by atoms with van der Waals surface area (Å²) < 4.78 is 13.9. The maximum absolute atomic E-state index is 12.5. The summed E-state index contributed by atoms with van der Waals surface area (Å²) in [5.41, 5.74) is 0.942. The molecule has 26 heavy (non-hydrogen) atoms. The van der Waals surface area contributed by atoms with Gasteiger partial charge in [0.05, 0.1) is 18.1 Å². The zero-order chi connectivity index (χ0) is 18.4. The summed E-state index contributed by atoms with van der Waals surface area (Å²) in [7, 11) is 0. The molecule has 2 aromatic heterocycles. The Morgan fingerprint density at radius 3 is 2.77 bits per heavy atom. The van der Waals surface area contributed by atoms with Crippen LogP contribution in [0.2, 0.25) is 5.02 Å². The van der Waals surface area contributed by atoms with Crippen LogP contribution in [0.15, 0.2) is 48.9 Å². The van der Waals surface area contributed by atoms with E-state index in [9.17, 15) is 4.79 Å². The predicted molar refractivity (Wildman–Crippen MR) is 96.1 cm³/mol. The fourth-order valence-corrected chi connectivity index (χ4v) is 2.30. The van der Waals surface area contributed by atoms with Crippen LogP contribution in [0.4, 0.5) is 5.69 Å². The number of amides is 1. The number of anilines is 1. The van der Waals surface area contributed by atoms with Gasteiger partial charge in [-0.15, -0.1) is 0 Å². The van der Waals surface area contributed by atoms with Gasteiger partial charge in [-0.2, -0.15) is 10.2 Å². The van der Waals surface area contributed by atoms with E-state index in [1.54, 1.807) is 53.6 Å². The van der Waals surface area contributed by atoms with Crippen molar-refractivity contribution in [3.63, 3.8) is 0 Å². The molecule has 0 atom stereocenters. The van der Waals surface area contributed by atoms with Crippen molar-refractivity contribution in [3.8, 4) is 5.75 Å². The Balaban J connectivity index is 1.60. The van der Waals surface area contributed by atoms with E-state index in [0.29, 0.717) is 35.5 Å². The largest absolute Gasteiger partial charge is 0.471 e. The molecule has 1 aromatic carbocycles. The van der Waals surface area contributed by atoms with Crippen LogP contribution in [0.3, 0.4) is 0 Å². The van der Waals surface area contributed by atoms with E-state index in [0.717, 1.165) is 0 Å². The number of nitrogens with zero attached hydrogens (tertiary/aromatic N) is 4. The number of benzene rings is 1. The van der Waals surface area contributed by atoms with Crippen molar-refractivity contribution in [2.75, 3.05) is 11.9 Å². The lowest BCUT2D eigenvalue weighted by molar-refractivity contribution is 0.0792. The van der Waals surface area contributed by atoms with Crippen LogP contribution in [0, 0.1) is 0 Å². The minimum atomic E-state index is -0.307. The Morgan fingerprint density at radius 1 is 1.19 bits per heavy atom. The number of nitrogens with one attached hydrogen (secondary N) is 1. The first-order valence-corrected chi connectivity index (χ1v) is 8.35. The second-order valence-electron chi connectivity index (χ2n) is 5.29. The number of hydrogen-bond donors (Lipinski definition) is 1. The zero-order valence-electron chi connectivity index (χ0n) is 14.1. The molecule has 3 rings (SSSR count). The molecule has 0 aliphatic heterocycles. The zero-order valence-corrected chi connectivity index (χ0v) is 14.9. The van der Waals surface area contributed by atoms with Crippen molar-refractivity contribution in [2.45, 2.75) is 20.4 Å². The quantitative estimate of drug-likeness (QED) is 0.654. The third kappa shape index (κ3) is 4.62. The van der Waals surface area contributed by atoms with Crippen molar-refractivity contribution < 1.29 is 14.3 Å². The topological polar surface area (TPSA) is 83.2 Å². The van der Waals surface area contributed by atoms with Gasteiger partial charge in [0, 0.05) is 17.8 Å². The molecule has 1 amide bonds. The lowest BCUT2D eigenvalue weighted by Gasteiger charge is -2.09. The Labute approximate surface area is 155 Å². The summed E-state index contributed by atoms with van der Waals surface area (Å²) in [5, 5.41) is 11.6. The van der Waals surface area contributed by atoms with Crippen LogP contribution in [-0.4, -0.2) is 32.1 Å². The van der Waals surface area contributed by atoms with Gasteiger partial charge in [-0.05, 0) is 37.3 Å². The maximum Gasteiger partial charge on any atom is 0.274 e. The van der Waals surface area contributed by atoms with E-state index in [-0.39, 0.29) is 12.6 Å². The number of hydrogen-bond acceptors (Lipinski definition) is 5. The van der Waals surface area contributed by atoms with E-state index in [2.05, 4.69) is 15.5 Å². The van der Waals surface area contributed by atoms with Crippen molar-refractivity contribution >= 4 is 23.2 Å². The minimum absolute atomic E-state index is 0.0982. The average Bonchev–Trinajstić information content (AvgIpc) is 3.28. The molecule has 0 aliphatic carbocycles. The highest BCUT2D eigenvalue weighted by atomic mass is 35.5. The van der Waals surface area contributed by atoms with E-state index >= 15 is 0 Å². The van der Waals surface area contributed by atoms with Gasteiger partial charge in [0.15, 0.2) is 6.73 Å². The molecular weight excluding hydrogens is 358 g/mol. The summed E-state index contributed by atoms with van der Waals surface area (Å²) >= 11 is 5.84. The fraction of sp³-hybridized carbons (Fsp3) is 0.235. The van der Waals surface area contributed by atoms with Crippen LogP contribution in [-0.2, 0) is 18.2 Å². The number of aromatic nitrogens is 4. The van der Waals surface area contributed by atoms with Gasteiger partial charge in [0.1, 0.15) is 18.2 Å². The van der Waals surface area contributed by atoms with Crippen molar-refractivity contribution in [1.82, 2.24) is 19.6 Å². The number of rotatable bonds is 8. The molecule has 2 heterocycles. The maximum atomic E-state index is 12.5. The van der Waals surface area contributed by atoms with Gasteiger partial charge in [-0.3, -0.25) is 4.79 Å². The van der Waals surface area contributed by atoms with E-state index in [1.165, 1.54) is 4.68 Å². The molecule has 0 aliphatic rings. The molecule has 0 spiro atoms. The smallest absolute Gasteiger partial charge is 0.274 e. The molecule has 1 N–H and O–H groups in total. The summed E-state index contributed by atoms with van der Waals surface area (Å²) in [6.45, 7) is 2.92. The molecule has 136 valence electrons. The lowest BCUT2D eigenvalue weighted by atomic mass is 10.3. The van der Waals surface area contributed by atoms with E-state index in [1.807, 2.05) is 6.92 Å². The summed E-state index contributed by atoms with van der Waals surface area (Å²) in [6.07, 6.45) is 4.79. The van der Waals surface area contributed by atoms with Gasteiger partial charge in [-0.25, -0.2) is 9.36 Å². The highest BCUT2D eigenvalue weighted by Gasteiger charge is 2.13. The van der Waals surface area contributed by atoms with Crippen LogP contribution in [0.1, 0.15) is 17.4 Å². The van der Waals surface area contributed by atoms with Crippen LogP contribution < -0.4 is 10.1 Å². The van der Waals surface area contributed by atoms with E-state index in [4.69, 9.17) is 21.1 Å². The number of halogens is 1. The van der Waals surface area contributed by atoms with Gasteiger partial charge in [0.25, 0.3) is 5.91 Å². The minimum Gasteiger partial charge on any atom is -0.471 e. The van der Waals surface area contributed by atoms with Crippen molar-refractivity contribution in [2.24, 2.45) is 0 Å². The summed E-state index contributed by atoms with van der Waals surface area (Å²) in [4.78, 5) is 12.5. The van der Waals surface area contributed by atoms with Crippen LogP contribution in [0.5, 0.6) is 5.75 Å². The van der Waals surface area contributed by atoms with Crippen LogP contribution in [0.25, 0.3) is 0 Å². The summed E-state index contributed by atoms with van der Waals surface area (Å²) in [5.74, 6) is 0.326. The third-order valence-corrected chi connectivity index (χ3v) is 3.69. The first kappa shape index (κ1) is 18.0. The molecule has 0 saturated carbocycles. The molecule has 0 bridgehead atoms. The summed E-state index contributed by atoms with van der Waals surface area (Å²) in [6, 6.07) is 8.57. The molecule has 3 aromatic rings. The van der Waals surface area contributed by atoms with Crippen molar-refractivity contribution in [1.29, 1.82) is 0 Å². The predicted octanol–water partition coefficient (Wildman–Crippen LogP) is 3.02. The highest BCUT2D eigenvalue weighted by molar-refractivity contribution is 6.30. The highest BCUT2D eigenvalue weighted by Crippen LogP contribution is 2.16. The molecular formula is C17H18ClN5O3. The molecule has 0 fully saturated rings. The number of carbonyl (C=O) groups is 1. The Hall–Kier alpha value is -2.84. The first-order valence-electron chi connectivity index (χ1n) is 7.97. The monoisotopic (exact) mass is 375 g/mol. The van der Waals surface area contributed by atoms with Crippen molar-refractivity contribution in [3.05, 3.63) is 59.6 Å². The standard InChI is InChI=1S/C17H18ClN5O3/c1-2-25-11-22-10-14(9-20-22)21-17(24)16-7-8-19-23(16)12-26-15-5-3-13(18)4-6-15/h3-10H,2,11-12H2,1H3,(H,21,24).